The van der Waals surface area contributed by atoms with Crippen molar-refractivity contribution in [2.24, 2.45) is 0 Å². The maximum atomic E-state index is 5.22. The summed E-state index contributed by atoms with van der Waals surface area (Å²) in [4.78, 5) is 0. The van der Waals surface area contributed by atoms with Crippen LogP contribution in [0.2, 0.25) is 0 Å². The number of allylic oxidation sites excluding steroid dienone is 1. The highest BCUT2D eigenvalue weighted by Crippen LogP contribution is 2.01. The molecule has 0 atom stereocenters. The summed E-state index contributed by atoms with van der Waals surface area (Å²) in [6.07, 6.45) is 4.73. The van der Waals surface area contributed by atoms with Crippen LogP contribution in [0.3, 0.4) is 0 Å². The monoisotopic (exact) mass is 172 g/mol. The fraction of sp³-hybridized carbons (Fsp3) is 0.800. The van der Waals surface area contributed by atoms with E-state index in [0.717, 1.165) is 31.8 Å². The van der Waals surface area contributed by atoms with E-state index in [1.807, 2.05) is 6.92 Å². The highest BCUT2D eigenvalue weighted by molar-refractivity contribution is 4.73. The normalized spacial score (nSPS) is 9.83. The average molecular weight is 172 g/mol. The molecule has 0 saturated heterocycles. The van der Waals surface area contributed by atoms with Gasteiger partial charge in [-0.2, -0.15) is 0 Å². The van der Waals surface area contributed by atoms with Gasteiger partial charge in [-0.3, -0.25) is 0 Å². The minimum atomic E-state index is 0.808. The summed E-state index contributed by atoms with van der Waals surface area (Å²) in [6.45, 7) is 7.22. The Morgan fingerprint density at radius 2 is 1.67 bits per heavy atom. The van der Waals surface area contributed by atoms with E-state index in [1.54, 1.807) is 7.11 Å². The van der Waals surface area contributed by atoms with Crippen molar-refractivity contribution in [2.75, 3.05) is 20.3 Å². The first-order valence-corrected chi connectivity index (χ1v) is 4.54. The number of rotatable bonds is 8. The number of hydrogen-bond donors (Lipinski definition) is 0. The second-order valence-electron chi connectivity index (χ2n) is 2.96. The average Bonchev–Trinajstić information content (AvgIpc) is 2.02. The molecule has 0 fully saturated rings. The molecule has 0 spiro atoms. The van der Waals surface area contributed by atoms with Gasteiger partial charge in [0.15, 0.2) is 0 Å². The molecule has 0 aliphatic carbocycles. The van der Waals surface area contributed by atoms with E-state index in [0.29, 0.717) is 0 Å². The fourth-order valence-electron chi connectivity index (χ4n) is 0.948. The summed E-state index contributed by atoms with van der Waals surface area (Å²) in [5.41, 5.74) is 0. The zero-order valence-corrected chi connectivity index (χ0v) is 8.27. The summed E-state index contributed by atoms with van der Waals surface area (Å²) in [5, 5.41) is 0. The fourth-order valence-corrected chi connectivity index (χ4v) is 0.948. The smallest absolute Gasteiger partial charge is 0.0876 e. The Kier molecular flexibility index (Phi) is 8.24. The van der Waals surface area contributed by atoms with Gasteiger partial charge >= 0.3 is 0 Å². The van der Waals surface area contributed by atoms with Crippen LogP contribution in [0.25, 0.3) is 0 Å². The SMILES string of the molecule is C=C(C)OCCCCCCOC. The lowest BCUT2D eigenvalue weighted by Gasteiger charge is -2.04. The molecule has 0 N–H and O–H groups in total. The Labute approximate surface area is 75.6 Å². The van der Waals surface area contributed by atoms with Crippen molar-refractivity contribution in [2.45, 2.75) is 32.6 Å². The standard InChI is InChI=1S/C10H20O2/c1-10(2)12-9-7-5-4-6-8-11-3/h1,4-9H2,2-3H3. The minimum Gasteiger partial charge on any atom is -0.499 e. The highest BCUT2D eigenvalue weighted by atomic mass is 16.5. The van der Waals surface area contributed by atoms with Gasteiger partial charge in [0.2, 0.25) is 0 Å². The summed E-state index contributed by atoms with van der Waals surface area (Å²) >= 11 is 0. The van der Waals surface area contributed by atoms with Crippen molar-refractivity contribution in [3.63, 3.8) is 0 Å². The molecule has 2 nitrogen and oxygen atoms in total. The molecule has 0 aliphatic rings. The zero-order chi connectivity index (χ0) is 9.23. The molecule has 0 heterocycles. The third kappa shape index (κ3) is 9.50. The van der Waals surface area contributed by atoms with Crippen LogP contribution in [-0.2, 0) is 9.47 Å². The van der Waals surface area contributed by atoms with E-state index in [-0.39, 0.29) is 0 Å². The molecule has 0 aromatic rings. The quantitative estimate of drug-likeness (QED) is 0.414. The van der Waals surface area contributed by atoms with Crippen molar-refractivity contribution < 1.29 is 9.47 Å². The first-order chi connectivity index (χ1) is 5.77. The van der Waals surface area contributed by atoms with Gasteiger partial charge in [-0.1, -0.05) is 13.0 Å². The lowest BCUT2D eigenvalue weighted by Crippen LogP contribution is -1.93. The van der Waals surface area contributed by atoms with Crippen molar-refractivity contribution in [1.29, 1.82) is 0 Å². The molecule has 72 valence electrons. The summed E-state index contributed by atoms with van der Waals surface area (Å²) < 4.78 is 10.2. The lowest BCUT2D eigenvalue weighted by atomic mass is 10.2. The van der Waals surface area contributed by atoms with E-state index in [4.69, 9.17) is 9.47 Å². The van der Waals surface area contributed by atoms with Crippen LogP contribution in [0, 0.1) is 0 Å². The molecule has 0 unspecified atom stereocenters. The third-order valence-electron chi connectivity index (χ3n) is 1.59. The van der Waals surface area contributed by atoms with Crippen LogP contribution in [-0.4, -0.2) is 20.3 Å². The van der Waals surface area contributed by atoms with Gasteiger partial charge in [0.05, 0.1) is 12.4 Å². The van der Waals surface area contributed by atoms with Crippen LogP contribution in [0.5, 0.6) is 0 Å². The van der Waals surface area contributed by atoms with Crippen molar-refractivity contribution in [1.82, 2.24) is 0 Å². The molecule has 0 aliphatic heterocycles. The van der Waals surface area contributed by atoms with Gasteiger partial charge in [0.25, 0.3) is 0 Å². The van der Waals surface area contributed by atoms with Crippen molar-refractivity contribution in [3.05, 3.63) is 12.3 Å². The highest BCUT2D eigenvalue weighted by Gasteiger charge is 1.90. The van der Waals surface area contributed by atoms with Crippen molar-refractivity contribution in [3.8, 4) is 0 Å². The first kappa shape index (κ1) is 11.5. The van der Waals surface area contributed by atoms with E-state index >= 15 is 0 Å². The van der Waals surface area contributed by atoms with Gasteiger partial charge in [-0.15, -0.1) is 0 Å². The molecule has 0 bridgehead atoms. The number of ether oxygens (including phenoxy) is 2. The van der Waals surface area contributed by atoms with E-state index in [2.05, 4.69) is 6.58 Å². The number of hydrogen-bond acceptors (Lipinski definition) is 2. The molecule has 0 rings (SSSR count). The van der Waals surface area contributed by atoms with E-state index in [9.17, 15) is 0 Å². The Hall–Kier alpha value is -0.500. The van der Waals surface area contributed by atoms with Crippen LogP contribution in [0.1, 0.15) is 32.6 Å². The van der Waals surface area contributed by atoms with E-state index < -0.39 is 0 Å². The molecule has 0 saturated carbocycles. The second kappa shape index (κ2) is 8.60. The second-order valence-corrected chi connectivity index (χ2v) is 2.96. The van der Waals surface area contributed by atoms with Gasteiger partial charge in [-0.05, 0) is 26.2 Å². The minimum absolute atomic E-state index is 0.808. The van der Waals surface area contributed by atoms with Crippen molar-refractivity contribution >= 4 is 0 Å². The molecule has 0 radical (unpaired) electrons. The molecule has 2 heteroatoms. The summed E-state index contributed by atoms with van der Waals surface area (Å²) in [5.74, 6) is 0.812. The van der Waals surface area contributed by atoms with Crippen LogP contribution >= 0.6 is 0 Å². The number of methoxy groups -OCH3 is 1. The Balaban J connectivity index is 2.86. The predicted octanol–water partition coefficient (Wildman–Crippen LogP) is 2.74. The van der Waals surface area contributed by atoms with Crippen LogP contribution in [0.4, 0.5) is 0 Å². The van der Waals surface area contributed by atoms with Gasteiger partial charge < -0.3 is 9.47 Å². The number of unbranched alkanes of at least 4 members (excludes halogenated alkanes) is 3. The first-order valence-electron chi connectivity index (χ1n) is 4.54. The van der Waals surface area contributed by atoms with E-state index in [1.165, 1.54) is 12.8 Å². The Morgan fingerprint density at radius 3 is 2.17 bits per heavy atom. The van der Waals surface area contributed by atoms with Gasteiger partial charge in [0.1, 0.15) is 0 Å². The van der Waals surface area contributed by atoms with Crippen LogP contribution < -0.4 is 0 Å². The Bertz CT molecular complexity index is 110. The zero-order valence-electron chi connectivity index (χ0n) is 8.27. The topological polar surface area (TPSA) is 18.5 Å². The third-order valence-corrected chi connectivity index (χ3v) is 1.59. The predicted molar refractivity (Wildman–Crippen MR) is 51.1 cm³/mol. The maximum absolute atomic E-state index is 5.22. The summed E-state index contributed by atoms with van der Waals surface area (Å²) in [6, 6.07) is 0. The summed E-state index contributed by atoms with van der Waals surface area (Å²) in [7, 11) is 1.74. The van der Waals surface area contributed by atoms with Crippen LogP contribution in [0.15, 0.2) is 12.3 Å². The lowest BCUT2D eigenvalue weighted by molar-refractivity contribution is 0.186. The molecule has 0 aromatic heterocycles. The van der Waals surface area contributed by atoms with Gasteiger partial charge in [0, 0.05) is 13.7 Å². The molecule has 0 aromatic carbocycles. The Morgan fingerprint density at radius 1 is 1.08 bits per heavy atom. The molecule has 12 heavy (non-hydrogen) atoms. The maximum Gasteiger partial charge on any atom is 0.0876 e. The molecule has 0 amide bonds. The molecular weight excluding hydrogens is 152 g/mol. The van der Waals surface area contributed by atoms with Gasteiger partial charge in [-0.25, -0.2) is 0 Å². The largest absolute Gasteiger partial charge is 0.499 e. The molecular formula is C10H20O2.